The van der Waals surface area contributed by atoms with Crippen molar-refractivity contribution in [2.75, 3.05) is 42.0 Å². The smallest absolute Gasteiger partial charge is 0.272 e. The number of hydrogen-bond donors (Lipinski definition) is 0. The average Bonchev–Trinajstić information content (AvgIpc) is 3.13. The van der Waals surface area contributed by atoms with Crippen molar-refractivity contribution in [1.82, 2.24) is 8.87 Å². The second kappa shape index (κ2) is 8.67. The zero-order valence-corrected chi connectivity index (χ0v) is 20.0. The van der Waals surface area contributed by atoms with Crippen LogP contribution >= 0.6 is 0 Å². The van der Waals surface area contributed by atoms with Crippen LogP contribution in [0.2, 0.25) is 0 Å². The van der Waals surface area contributed by atoms with Gasteiger partial charge in [0.15, 0.2) is 0 Å². The highest BCUT2D eigenvalue weighted by molar-refractivity contribution is 7.90. The maximum atomic E-state index is 14.1. The van der Waals surface area contributed by atoms with Crippen molar-refractivity contribution in [2.45, 2.75) is 30.1 Å². The summed E-state index contributed by atoms with van der Waals surface area (Å²) < 4.78 is 45.9. The van der Waals surface area contributed by atoms with Crippen LogP contribution in [-0.2, 0) is 16.4 Å². The summed E-state index contributed by atoms with van der Waals surface area (Å²) in [5.74, 6) is 1.70. The zero-order valence-electron chi connectivity index (χ0n) is 19.2. The standard InChI is InChI=1S/C24H30N2O5S/c1-25(2)15-16-7-6-8-21-24(16)19-13-17(29-3)9-11-20(19)26(21)32(27,28)23-14-18(30-4)10-12-22(23)31-5/h9-14,16H,6-8,15H2,1-5H3. The lowest BCUT2D eigenvalue weighted by molar-refractivity contribution is 0.352. The van der Waals surface area contributed by atoms with Crippen LogP contribution < -0.4 is 14.2 Å². The van der Waals surface area contributed by atoms with Crippen LogP contribution in [0.25, 0.3) is 10.9 Å². The van der Waals surface area contributed by atoms with Gasteiger partial charge in [0.05, 0.1) is 26.8 Å². The van der Waals surface area contributed by atoms with E-state index in [1.54, 1.807) is 19.2 Å². The number of methoxy groups -OCH3 is 3. The Morgan fingerprint density at radius 1 is 1.00 bits per heavy atom. The Balaban J connectivity index is 2.04. The predicted molar refractivity (Wildman–Crippen MR) is 125 cm³/mol. The fourth-order valence-corrected chi connectivity index (χ4v) is 6.54. The molecule has 0 bridgehead atoms. The molecule has 0 amide bonds. The van der Waals surface area contributed by atoms with Crippen molar-refractivity contribution >= 4 is 20.9 Å². The van der Waals surface area contributed by atoms with Gasteiger partial charge in [0, 0.05) is 23.7 Å². The van der Waals surface area contributed by atoms with Crippen molar-refractivity contribution < 1.29 is 22.6 Å². The van der Waals surface area contributed by atoms with Crippen molar-refractivity contribution in [2.24, 2.45) is 0 Å². The minimum absolute atomic E-state index is 0.0876. The minimum Gasteiger partial charge on any atom is -0.497 e. The van der Waals surface area contributed by atoms with Crippen LogP contribution in [0.15, 0.2) is 41.3 Å². The third-order valence-corrected chi connectivity index (χ3v) is 7.89. The van der Waals surface area contributed by atoms with Crippen molar-refractivity contribution in [3.63, 3.8) is 0 Å². The molecule has 1 unspecified atom stereocenters. The number of nitrogens with zero attached hydrogens (tertiary/aromatic N) is 2. The normalized spacial score (nSPS) is 16.2. The minimum atomic E-state index is -3.95. The van der Waals surface area contributed by atoms with Gasteiger partial charge < -0.3 is 19.1 Å². The maximum absolute atomic E-state index is 14.1. The third kappa shape index (κ3) is 3.71. The van der Waals surface area contributed by atoms with Gasteiger partial charge in [0.1, 0.15) is 22.1 Å². The van der Waals surface area contributed by atoms with Crippen LogP contribution in [0.5, 0.6) is 17.2 Å². The monoisotopic (exact) mass is 458 g/mol. The van der Waals surface area contributed by atoms with Gasteiger partial charge in [-0.2, -0.15) is 0 Å². The van der Waals surface area contributed by atoms with E-state index in [9.17, 15) is 8.42 Å². The van der Waals surface area contributed by atoms with Gasteiger partial charge in [-0.3, -0.25) is 0 Å². The lowest BCUT2D eigenvalue weighted by Gasteiger charge is -2.27. The van der Waals surface area contributed by atoms with Crippen LogP contribution in [-0.4, -0.2) is 59.3 Å². The third-order valence-electron chi connectivity index (χ3n) is 6.12. The molecule has 32 heavy (non-hydrogen) atoms. The SMILES string of the molecule is COc1ccc(OC)c(S(=O)(=O)n2c3c(c4cc(OC)ccc42)C(CN(C)C)CCC3)c1. The molecule has 3 aromatic rings. The summed E-state index contributed by atoms with van der Waals surface area (Å²) in [6, 6.07) is 10.4. The van der Waals surface area contributed by atoms with Gasteiger partial charge in [-0.15, -0.1) is 0 Å². The molecule has 1 atom stereocenters. The molecular formula is C24H30N2O5S. The lowest BCUT2D eigenvalue weighted by Crippen LogP contribution is -2.25. The molecule has 1 aliphatic rings. The molecule has 0 spiro atoms. The Labute approximate surface area is 189 Å². The molecule has 0 N–H and O–H groups in total. The van der Waals surface area contributed by atoms with Gasteiger partial charge >= 0.3 is 0 Å². The van der Waals surface area contributed by atoms with Gasteiger partial charge in [0.25, 0.3) is 10.0 Å². The number of hydrogen-bond acceptors (Lipinski definition) is 6. The largest absolute Gasteiger partial charge is 0.497 e. The van der Waals surface area contributed by atoms with Gasteiger partial charge in [-0.25, -0.2) is 12.4 Å². The first-order valence-electron chi connectivity index (χ1n) is 10.6. The number of fused-ring (bicyclic) bond motifs is 3. The first-order valence-corrected chi connectivity index (χ1v) is 12.1. The van der Waals surface area contributed by atoms with E-state index < -0.39 is 10.0 Å². The zero-order chi connectivity index (χ0) is 23.0. The van der Waals surface area contributed by atoms with E-state index >= 15 is 0 Å². The molecule has 7 nitrogen and oxygen atoms in total. The first kappa shape index (κ1) is 22.5. The first-order chi connectivity index (χ1) is 15.3. The Kier molecular flexibility index (Phi) is 6.09. The second-order valence-electron chi connectivity index (χ2n) is 8.38. The van der Waals surface area contributed by atoms with Crippen molar-refractivity contribution in [3.8, 4) is 17.2 Å². The number of benzene rings is 2. The van der Waals surface area contributed by atoms with E-state index in [-0.39, 0.29) is 16.6 Å². The lowest BCUT2D eigenvalue weighted by atomic mass is 9.85. The molecule has 172 valence electrons. The summed E-state index contributed by atoms with van der Waals surface area (Å²) in [6.45, 7) is 0.853. The summed E-state index contributed by atoms with van der Waals surface area (Å²) >= 11 is 0. The summed E-state index contributed by atoms with van der Waals surface area (Å²) in [4.78, 5) is 2.24. The number of aromatic nitrogens is 1. The maximum Gasteiger partial charge on any atom is 0.272 e. The van der Waals surface area contributed by atoms with E-state index in [1.165, 1.54) is 24.3 Å². The van der Waals surface area contributed by atoms with E-state index in [1.807, 2.05) is 32.3 Å². The van der Waals surface area contributed by atoms with Crippen LogP contribution in [0.4, 0.5) is 0 Å². The summed E-state index contributed by atoms with van der Waals surface area (Å²) in [6.07, 6.45) is 2.65. The van der Waals surface area contributed by atoms with Gasteiger partial charge in [0.2, 0.25) is 0 Å². The Bertz CT molecular complexity index is 1250. The summed E-state index contributed by atoms with van der Waals surface area (Å²) in [5.41, 5.74) is 2.60. The fraction of sp³-hybridized carbons (Fsp3) is 0.417. The molecule has 0 radical (unpaired) electrons. The molecule has 1 aliphatic carbocycles. The topological polar surface area (TPSA) is 70.0 Å². The highest BCUT2D eigenvalue weighted by Gasteiger charge is 2.34. The molecule has 0 saturated heterocycles. The van der Waals surface area contributed by atoms with Crippen LogP contribution in [0.3, 0.4) is 0 Å². The Hall–Kier alpha value is -2.71. The highest BCUT2D eigenvalue weighted by Crippen LogP contribution is 2.43. The number of rotatable bonds is 7. The molecular weight excluding hydrogens is 428 g/mol. The van der Waals surface area contributed by atoms with Crippen LogP contribution in [0, 0.1) is 0 Å². The molecule has 1 aromatic heterocycles. The summed E-state index contributed by atoms with van der Waals surface area (Å²) in [7, 11) is 4.76. The average molecular weight is 459 g/mol. The molecule has 0 fully saturated rings. The van der Waals surface area contributed by atoms with Gasteiger partial charge in [-0.1, -0.05) is 0 Å². The highest BCUT2D eigenvalue weighted by atomic mass is 32.2. The molecule has 1 heterocycles. The Morgan fingerprint density at radius 2 is 1.69 bits per heavy atom. The van der Waals surface area contributed by atoms with Crippen molar-refractivity contribution in [1.29, 1.82) is 0 Å². The number of ether oxygens (including phenoxy) is 3. The summed E-state index contributed by atoms with van der Waals surface area (Å²) in [5, 5.41) is 0.927. The Morgan fingerprint density at radius 3 is 2.34 bits per heavy atom. The van der Waals surface area contributed by atoms with E-state index in [4.69, 9.17) is 14.2 Å². The quantitative estimate of drug-likeness (QED) is 0.535. The number of likely N-dealkylation sites (N-methyl/N-ethyl adjacent to an activating group) is 1. The second-order valence-corrected chi connectivity index (χ2v) is 10.1. The van der Waals surface area contributed by atoms with Gasteiger partial charge in [-0.05, 0) is 75.2 Å². The molecule has 2 aromatic carbocycles. The molecule has 8 heteroatoms. The molecule has 0 aliphatic heterocycles. The van der Waals surface area contributed by atoms with E-state index in [0.29, 0.717) is 23.4 Å². The molecule has 0 saturated carbocycles. The van der Waals surface area contributed by atoms with Crippen LogP contribution in [0.1, 0.15) is 30.0 Å². The van der Waals surface area contributed by atoms with Crippen molar-refractivity contribution in [3.05, 3.63) is 47.7 Å². The molecule has 4 rings (SSSR count). The van der Waals surface area contributed by atoms with E-state index in [0.717, 1.165) is 36.0 Å². The van der Waals surface area contributed by atoms with E-state index in [2.05, 4.69) is 4.90 Å². The fourth-order valence-electron chi connectivity index (χ4n) is 4.78. The predicted octanol–water partition coefficient (Wildman–Crippen LogP) is 3.89.